The molecule has 0 spiro atoms. The first-order valence-electron chi connectivity index (χ1n) is 9.16. The number of hydrogen-bond donors (Lipinski definition) is 4. The van der Waals surface area contributed by atoms with Gasteiger partial charge < -0.3 is 0 Å². The topological polar surface area (TPSA) is 177 Å². The second-order valence-electron chi connectivity index (χ2n) is 6.45. The zero-order valence-electron chi connectivity index (χ0n) is 16.6. The summed E-state index contributed by atoms with van der Waals surface area (Å²) in [6.45, 7) is 0. The van der Waals surface area contributed by atoms with Gasteiger partial charge in [-0.1, -0.05) is 0 Å². The molecule has 0 bridgehead atoms. The molecule has 0 aliphatic heterocycles. The van der Waals surface area contributed by atoms with E-state index in [2.05, 4.69) is 0 Å². The van der Waals surface area contributed by atoms with E-state index in [1.165, 1.54) is 54.6 Å². The Balaban J connectivity index is 1.92. The van der Waals surface area contributed by atoms with Crippen LogP contribution in [0.4, 0.5) is 17.1 Å². The standard InChI is InChI=1S/3C7H7NO2.H2O.Ti/c3*8-6-4-2-1-3-5(6)7(9)10;;/h3*1-4H,8H2,(H,9,10);1H2;/q;;;;+4/p-4. The van der Waals surface area contributed by atoms with E-state index in [0.717, 1.165) is 0 Å². The Morgan fingerprint density at radius 3 is 1.06 bits per heavy atom. The Hall–Kier alpha value is -3.86. The van der Waals surface area contributed by atoms with E-state index >= 15 is 0 Å². The van der Waals surface area contributed by atoms with Gasteiger partial charge in [0, 0.05) is 0 Å². The fraction of sp³-hybridized carbons (Fsp3) is 0. The van der Waals surface area contributed by atoms with Crippen LogP contribution in [0.3, 0.4) is 0 Å². The van der Waals surface area contributed by atoms with E-state index in [1.807, 2.05) is 0 Å². The van der Waals surface area contributed by atoms with Gasteiger partial charge in [-0.15, -0.1) is 0 Å². The molecule has 164 valence electrons. The molecule has 0 aliphatic rings. The number of nitrogen functional groups attached to an aromatic ring is 3. The molecule has 0 amide bonds. The number of para-hydroxylation sites is 3. The molecule has 0 atom stereocenters. The summed E-state index contributed by atoms with van der Waals surface area (Å²) in [6.07, 6.45) is 0. The van der Waals surface area contributed by atoms with Gasteiger partial charge in [0.15, 0.2) is 0 Å². The van der Waals surface area contributed by atoms with E-state index in [0.29, 0.717) is 0 Å². The molecular weight excluding hydrogens is 454 g/mol. The van der Waals surface area contributed by atoms with Crippen molar-refractivity contribution in [2.45, 2.75) is 0 Å². The zero-order chi connectivity index (χ0) is 23.3. The second kappa shape index (κ2) is 9.52. The summed E-state index contributed by atoms with van der Waals surface area (Å²) in [6, 6.07) is 17.5. The predicted molar refractivity (Wildman–Crippen MR) is 111 cm³/mol. The summed E-state index contributed by atoms with van der Waals surface area (Å²) in [5.74, 6) is -3.44. The molecule has 32 heavy (non-hydrogen) atoms. The van der Waals surface area contributed by atoms with Crippen molar-refractivity contribution in [3.63, 3.8) is 0 Å². The van der Waals surface area contributed by atoms with Crippen LogP contribution in [0.15, 0.2) is 72.8 Å². The van der Waals surface area contributed by atoms with E-state index < -0.39 is 36.0 Å². The molecule has 0 fully saturated rings. The molecule has 0 unspecified atom stereocenters. The monoisotopic (exact) mass is 473 g/mol. The Labute approximate surface area is 187 Å². The summed E-state index contributed by atoms with van der Waals surface area (Å²) in [7, 11) is 0. The van der Waals surface area contributed by atoms with Crippen LogP contribution >= 0.6 is 0 Å². The number of carbonyl (C=O) groups is 3. The molecule has 10 nitrogen and oxygen atoms in total. The molecule has 11 heteroatoms. The molecule has 0 aliphatic carbocycles. The van der Waals surface area contributed by atoms with Gasteiger partial charge in [-0.2, -0.15) is 0 Å². The van der Waals surface area contributed by atoms with E-state index in [4.69, 9.17) is 27.2 Å². The van der Waals surface area contributed by atoms with Gasteiger partial charge in [-0.3, -0.25) is 0 Å². The minimum absolute atomic E-state index is 0.0412. The first-order valence-corrected chi connectivity index (χ1v) is 11.8. The van der Waals surface area contributed by atoms with E-state index in [1.54, 1.807) is 18.2 Å². The maximum atomic E-state index is 12.6. The van der Waals surface area contributed by atoms with Crippen molar-refractivity contribution in [2.24, 2.45) is 0 Å². The summed E-state index contributed by atoms with van der Waals surface area (Å²) in [5.41, 5.74) is 17.0. The van der Waals surface area contributed by atoms with Crippen molar-refractivity contribution in [1.82, 2.24) is 0 Å². The first-order chi connectivity index (χ1) is 15.2. The number of benzene rings is 3. The number of nitrogens with two attached hydrogens (primary N) is 3. The van der Waals surface area contributed by atoms with Crippen LogP contribution in [0.1, 0.15) is 31.1 Å². The van der Waals surface area contributed by atoms with Crippen LogP contribution < -0.4 is 17.2 Å². The van der Waals surface area contributed by atoms with Crippen LogP contribution in [0.2, 0.25) is 0 Å². The van der Waals surface area contributed by atoms with Crippen molar-refractivity contribution in [3.05, 3.63) is 89.5 Å². The minimum atomic E-state index is -5.90. The van der Waals surface area contributed by atoms with Crippen LogP contribution in [0.25, 0.3) is 0 Å². The molecule has 7 N–H and O–H groups in total. The summed E-state index contributed by atoms with van der Waals surface area (Å²) in [5, 5.41) is 0. The summed E-state index contributed by atoms with van der Waals surface area (Å²) in [4.78, 5) is 37.8. The number of hydrogen-bond acceptors (Lipinski definition) is 10. The van der Waals surface area contributed by atoms with Gasteiger partial charge in [0.25, 0.3) is 0 Å². The normalized spacial score (nSPS) is 10.8. The summed E-state index contributed by atoms with van der Waals surface area (Å²) < 4.78 is 26.0. The van der Waals surface area contributed by atoms with Gasteiger partial charge in [0.1, 0.15) is 0 Å². The molecular formula is C21H19N3O7Ti. The molecule has 0 saturated carbocycles. The Morgan fingerprint density at radius 2 is 0.812 bits per heavy atom. The number of anilines is 3. The zero-order valence-corrected chi connectivity index (χ0v) is 18.1. The third kappa shape index (κ3) is 5.24. The van der Waals surface area contributed by atoms with E-state index in [9.17, 15) is 18.1 Å². The Bertz CT molecular complexity index is 1040. The molecule has 0 saturated heterocycles. The molecule has 0 heterocycles. The van der Waals surface area contributed by atoms with Crippen molar-refractivity contribution < 1.29 is 46.2 Å². The number of carbonyl (C=O) groups excluding carboxylic acids is 3. The maximum absolute atomic E-state index is 12.6. The van der Waals surface area contributed by atoms with Gasteiger partial charge in [0.05, 0.1) is 0 Å². The third-order valence-electron chi connectivity index (χ3n) is 4.21. The van der Waals surface area contributed by atoms with Crippen LogP contribution in [-0.2, 0) is 28.1 Å². The van der Waals surface area contributed by atoms with E-state index in [-0.39, 0.29) is 33.8 Å². The molecule has 3 rings (SSSR count). The average Bonchev–Trinajstić information content (AvgIpc) is 2.74. The van der Waals surface area contributed by atoms with Crippen molar-refractivity contribution in [1.29, 1.82) is 0 Å². The van der Waals surface area contributed by atoms with Crippen LogP contribution in [-0.4, -0.2) is 21.6 Å². The fourth-order valence-electron chi connectivity index (χ4n) is 2.63. The van der Waals surface area contributed by atoms with Crippen molar-refractivity contribution in [2.75, 3.05) is 17.2 Å². The van der Waals surface area contributed by atoms with Gasteiger partial charge in [0.2, 0.25) is 0 Å². The predicted octanol–water partition coefficient (Wildman–Crippen LogP) is 2.11. The van der Waals surface area contributed by atoms with Crippen molar-refractivity contribution in [3.8, 4) is 0 Å². The van der Waals surface area contributed by atoms with Crippen molar-refractivity contribution >= 4 is 35.0 Å². The molecule has 3 aromatic carbocycles. The Morgan fingerprint density at radius 1 is 0.562 bits per heavy atom. The molecule has 3 aromatic rings. The molecule has 0 radical (unpaired) electrons. The quantitative estimate of drug-likeness (QED) is 0.306. The van der Waals surface area contributed by atoms with Crippen LogP contribution in [0.5, 0.6) is 0 Å². The first kappa shape index (κ1) is 22.8. The Kier molecular flexibility index (Phi) is 6.79. The second-order valence-corrected chi connectivity index (χ2v) is 9.05. The van der Waals surface area contributed by atoms with Gasteiger partial charge >= 0.3 is 188 Å². The van der Waals surface area contributed by atoms with Crippen LogP contribution in [0, 0.1) is 0 Å². The third-order valence-corrected chi connectivity index (χ3v) is 6.28. The fourth-order valence-corrected chi connectivity index (χ4v) is 4.44. The average molecular weight is 473 g/mol. The SMILES string of the molecule is Nc1ccccc1C(=O)[O][Ti]([OH])([O]C(=O)c1ccccc1N)[O]C(=O)c1ccccc1N. The summed E-state index contributed by atoms with van der Waals surface area (Å²) >= 11 is -5.90. The van der Waals surface area contributed by atoms with Gasteiger partial charge in [-0.25, -0.2) is 0 Å². The molecule has 0 aromatic heterocycles. The number of rotatable bonds is 6. The van der Waals surface area contributed by atoms with Gasteiger partial charge in [-0.05, 0) is 0 Å².